The van der Waals surface area contributed by atoms with Crippen molar-refractivity contribution in [2.45, 2.75) is 6.42 Å². The van der Waals surface area contributed by atoms with E-state index < -0.39 is 42.1 Å². The lowest BCUT2D eigenvalue weighted by Gasteiger charge is -2.20. The number of carbonyl (C=O) groups excluding carboxylic acids is 4. The number of rotatable bonds is 3. The summed E-state index contributed by atoms with van der Waals surface area (Å²) >= 11 is 0. The molecule has 0 fully saturated rings. The van der Waals surface area contributed by atoms with Crippen molar-refractivity contribution in [1.29, 1.82) is 0 Å². The van der Waals surface area contributed by atoms with Gasteiger partial charge in [0.15, 0.2) is 11.6 Å². The second-order valence-corrected chi connectivity index (χ2v) is 4.06. The molecule has 1 aliphatic carbocycles. The van der Waals surface area contributed by atoms with Crippen molar-refractivity contribution in [2.75, 3.05) is 6.61 Å². The lowest BCUT2D eigenvalue weighted by Crippen LogP contribution is -2.38. The number of fused-ring (bicyclic) bond motifs is 1. The fourth-order valence-electron chi connectivity index (χ4n) is 1.97. The van der Waals surface area contributed by atoms with Crippen molar-refractivity contribution >= 4 is 23.1 Å². The summed E-state index contributed by atoms with van der Waals surface area (Å²) in [4.78, 5) is 46.7. The summed E-state index contributed by atoms with van der Waals surface area (Å²) in [6.07, 6.45) is -0.422. The van der Waals surface area contributed by atoms with E-state index >= 15 is 0 Å². The van der Waals surface area contributed by atoms with E-state index in [1.807, 2.05) is 0 Å². The molecular weight excluding hydrogens is 236 g/mol. The largest absolute Gasteiger partial charge is 0.389 e. The van der Waals surface area contributed by atoms with E-state index in [1.54, 1.807) is 12.1 Å². The Hall–Kier alpha value is -2.14. The highest BCUT2D eigenvalue weighted by molar-refractivity contribution is 6.52. The highest BCUT2D eigenvalue weighted by atomic mass is 16.3. The van der Waals surface area contributed by atoms with Crippen molar-refractivity contribution < 1.29 is 24.3 Å². The topological polar surface area (TPSA) is 88.5 Å². The van der Waals surface area contributed by atoms with Crippen LogP contribution in [-0.4, -0.2) is 34.8 Å². The average Bonchev–Trinajstić information content (AvgIpc) is 2.40. The maximum Gasteiger partial charge on any atom is 0.230 e. The molecule has 0 radical (unpaired) electrons. The molecule has 0 saturated heterocycles. The van der Waals surface area contributed by atoms with Gasteiger partial charge in [-0.25, -0.2) is 0 Å². The molecule has 0 spiro atoms. The quantitative estimate of drug-likeness (QED) is 0.608. The van der Waals surface area contributed by atoms with E-state index in [1.165, 1.54) is 12.1 Å². The van der Waals surface area contributed by atoms with Gasteiger partial charge < -0.3 is 5.11 Å². The molecule has 1 aromatic carbocycles. The minimum Gasteiger partial charge on any atom is -0.389 e. The Labute approximate surface area is 102 Å². The second kappa shape index (κ2) is 4.62. The molecule has 0 aliphatic heterocycles. The summed E-state index contributed by atoms with van der Waals surface area (Å²) in [6, 6.07) is 6.03. The summed E-state index contributed by atoms with van der Waals surface area (Å²) < 4.78 is 0. The Bertz CT molecular complexity index is 558. The van der Waals surface area contributed by atoms with E-state index in [0.717, 1.165) is 0 Å². The third kappa shape index (κ3) is 1.89. The molecule has 5 nitrogen and oxygen atoms in total. The molecule has 2 rings (SSSR count). The van der Waals surface area contributed by atoms with E-state index in [9.17, 15) is 19.2 Å². The number of hydrogen-bond acceptors (Lipinski definition) is 5. The van der Waals surface area contributed by atoms with Crippen LogP contribution in [0.3, 0.4) is 0 Å². The SMILES string of the molecule is O=C(CO)CC1C(=O)C(=O)c2ccccc2C1=O. The summed E-state index contributed by atoms with van der Waals surface area (Å²) in [5.74, 6) is -4.07. The van der Waals surface area contributed by atoms with Gasteiger partial charge in [0.2, 0.25) is 11.6 Å². The molecule has 0 aromatic heterocycles. The fraction of sp³-hybridized carbons (Fsp3) is 0.231. The summed E-state index contributed by atoms with van der Waals surface area (Å²) in [5, 5.41) is 8.64. The Kier molecular flexibility index (Phi) is 3.16. The van der Waals surface area contributed by atoms with Gasteiger partial charge in [0, 0.05) is 17.5 Å². The Balaban J connectivity index is 2.43. The zero-order valence-corrected chi connectivity index (χ0v) is 9.38. The Morgan fingerprint density at radius 3 is 2.28 bits per heavy atom. The molecule has 0 bridgehead atoms. The van der Waals surface area contributed by atoms with Gasteiger partial charge in [0.25, 0.3) is 0 Å². The van der Waals surface area contributed by atoms with E-state index in [2.05, 4.69) is 0 Å². The first-order valence-corrected chi connectivity index (χ1v) is 5.40. The zero-order chi connectivity index (χ0) is 13.3. The normalized spacial score (nSPS) is 18.7. The molecule has 1 atom stereocenters. The smallest absolute Gasteiger partial charge is 0.230 e. The predicted octanol–water partition coefficient (Wildman–Crippen LogP) is 0.202. The first-order valence-electron chi connectivity index (χ1n) is 5.40. The highest BCUT2D eigenvalue weighted by Gasteiger charge is 2.40. The van der Waals surface area contributed by atoms with E-state index in [4.69, 9.17) is 5.11 Å². The zero-order valence-electron chi connectivity index (χ0n) is 9.38. The first kappa shape index (κ1) is 12.3. The van der Waals surface area contributed by atoms with Crippen LogP contribution in [0, 0.1) is 5.92 Å². The molecule has 0 amide bonds. The number of hydrogen-bond donors (Lipinski definition) is 1. The number of Topliss-reactive ketones (excluding diaryl/α,β-unsaturated/α-hetero) is 4. The number of carbonyl (C=O) groups is 4. The number of benzene rings is 1. The van der Waals surface area contributed by atoms with Crippen molar-refractivity contribution in [3.8, 4) is 0 Å². The average molecular weight is 246 g/mol. The lowest BCUT2D eigenvalue weighted by molar-refractivity contribution is -0.126. The van der Waals surface area contributed by atoms with Crippen LogP contribution >= 0.6 is 0 Å². The van der Waals surface area contributed by atoms with Crippen LogP contribution in [0.4, 0.5) is 0 Å². The van der Waals surface area contributed by atoms with Crippen molar-refractivity contribution in [1.82, 2.24) is 0 Å². The van der Waals surface area contributed by atoms with Crippen molar-refractivity contribution in [2.24, 2.45) is 5.92 Å². The van der Waals surface area contributed by atoms with Gasteiger partial charge >= 0.3 is 0 Å². The van der Waals surface area contributed by atoms with E-state index in [-0.39, 0.29) is 11.1 Å². The molecule has 92 valence electrons. The molecular formula is C13H10O5. The molecule has 1 aromatic rings. The third-order valence-electron chi connectivity index (χ3n) is 2.90. The fourth-order valence-corrected chi connectivity index (χ4v) is 1.97. The minimum absolute atomic E-state index is 0.0835. The van der Waals surface area contributed by atoms with Crippen LogP contribution in [0.15, 0.2) is 24.3 Å². The summed E-state index contributed by atoms with van der Waals surface area (Å²) in [7, 11) is 0. The summed E-state index contributed by atoms with van der Waals surface area (Å²) in [5.41, 5.74) is 0.248. The standard InChI is InChI=1S/C13H10O5/c14-6-7(15)5-10-11(16)8-3-1-2-4-9(8)12(17)13(10)18/h1-4,10,14H,5-6H2. The molecule has 1 aliphatic rings. The van der Waals surface area contributed by atoms with Gasteiger partial charge in [0.1, 0.15) is 6.61 Å². The van der Waals surface area contributed by atoms with Crippen LogP contribution in [0.25, 0.3) is 0 Å². The monoisotopic (exact) mass is 246 g/mol. The lowest BCUT2D eigenvalue weighted by atomic mass is 9.78. The van der Waals surface area contributed by atoms with Gasteiger partial charge in [-0.2, -0.15) is 0 Å². The molecule has 0 heterocycles. The maximum atomic E-state index is 12.0. The van der Waals surface area contributed by atoms with Gasteiger partial charge in [-0.05, 0) is 0 Å². The van der Waals surface area contributed by atoms with Gasteiger partial charge in [-0.15, -0.1) is 0 Å². The second-order valence-electron chi connectivity index (χ2n) is 4.06. The van der Waals surface area contributed by atoms with Crippen molar-refractivity contribution in [3.63, 3.8) is 0 Å². The van der Waals surface area contributed by atoms with Gasteiger partial charge in [0.05, 0.1) is 5.92 Å². The minimum atomic E-state index is -1.29. The van der Waals surface area contributed by atoms with Crippen LogP contribution in [0.2, 0.25) is 0 Å². The van der Waals surface area contributed by atoms with Gasteiger partial charge in [-0.1, -0.05) is 24.3 Å². The number of aliphatic hydroxyl groups is 1. The Morgan fingerprint density at radius 2 is 1.67 bits per heavy atom. The van der Waals surface area contributed by atoms with Crippen LogP contribution in [-0.2, 0) is 9.59 Å². The number of ketones is 4. The predicted molar refractivity (Wildman–Crippen MR) is 60.3 cm³/mol. The van der Waals surface area contributed by atoms with Crippen LogP contribution in [0.5, 0.6) is 0 Å². The highest BCUT2D eigenvalue weighted by Crippen LogP contribution is 2.25. The summed E-state index contributed by atoms with van der Waals surface area (Å²) in [6.45, 7) is -0.743. The Morgan fingerprint density at radius 1 is 1.06 bits per heavy atom. The van der Waals surface area contributed by atoms with Crippen LogP contribution in [0.1, 0.15) is 27.1 Å². The molecule has 1 N–H and O–H groups in total. The molecule has 1 unspecified atom stereocenters. The van der Waals surface area contributed by atoms with Crippen molar-refractivity contribution in [3.05, 3.63) is 35.4 Å². The first-order chi connectivity index (χ1) is 8.56. The molecule has 5 heteroatoms. The van der Waals surface area contributed by atoms with E-state index in [0.29, 0.717) is 0 Å². The maximum absolute atomic E-state index is 12.0. The van der Waals surface area contributed by atoms with Gasteiger partial charge in [-0.3, -0.25) is 19.2 Å². The molecule has 0 saturated carbocycles. The van der Waals surface area contributed by atoms with Crippen LogP contribution < -0.4 is 0 Å². The molecule has 18 heavy (non-hydrogen) atoms. The third-order valence-corrected chi connectivity index (χ3v) is 2.90. The number of aliphatic hydroxyl groups excluding tert-OH is 1.